The van der Waals surface area contributed by atoms with Crippen molar-refractivity contribution < 1.29 is 9.47 Å². The number of methoxy groups -OCH3 is 2. The fourth-order valence-corrected chi connectivity index (χ4v) is 3.00. The number of ether oxygens (including phenoxy) is 2. The maximum atomic E-state index is 12.8. The Morgan fingerprint density at radius 1 is 1.32 bits per heavy atom. The van der Waals surface area contributed by atoms with Crippen LogP contribution in [0.5, 0.6) is 11.5 Å². The van der Waals surface area contributed by atoms with Crippen LogP contribution in [0, 0.1) is 0 Å². The van der Waals surface area contributed by atoms with Gasteiger partial charge in [-0.1, -0.05) is 6.42 Å². The highest BCUT2D eigenvalue weighted by Gasteiger charge is 2.18. The summed E-state index contributed by atoms with van der Waals surface area (Å²) in [4.78, 5) is 12.8. The zero-order chi connectivity index (χ0) is 15.5. The fourth-order valence-electron chi connectivity index (χ4n) is 3.00. The Bertz CT molecular complexity index is 720. The Labute approximate surface area is 129 Å². The van der Waals surface area contributed by atoms with E-state index in [9.17, 15) is 4.79 Å². The largest absolute Gasteiger partial charge is 0.493 e. The van der Waals surface area contributed by atoms with E-state index < -0.39 is 0 Å². The minimum absolute atomic E-state index is 0.138. The predicted octanol–water partition coefficient (Wildman–Crippen LogP) is 1.56. The van der Waals surface area contributed by atoms with Crippen molar-refractivity contribution in [3.05, 3.63) is 28.7 Å². The van der Waals surface area contributed by atoms with E-state index in [0.717, 1.165) is 18.4 Å². The normalized spacial score (nSPS) is 18.4. The minimum Gasteiger partial charge on any atom is -0.493 e. The monoisotopic (exact) mass is 303 g/mol. The number of piperidine rings is 1. The Balaban J connectivity index is 2.05. The highest BCUT2D eigenvalue weighted by molar-refractivity contribution is 5.89. The van der Waals surface area contributed by atoms with Crippen molar-refractivity contribution in [2.75, 3.05) is 20.8 Å². The second-order valence-electron chi connectivity index (χ2n) is 5.54. The van der Waals surface area contributed by atoms with Gasteiger partial charge in [0.15, 0.2) is 11.5 Å². The van der Waals surface area contributed by atoms with Gasteiger partial charge in [0.2, 0.25) is 0 Å². The van der Waals surface area contributed by atoms with Crippen molar-refractivity contribution in [2.24, 2.45) is 0 Å². The summed E-state index contributed by atoms with van der Waals surface area (Å²) in [7, 11) is 3.11. The van der Waals surface area contributed by atoms with Crippen molar-refractivity contribution in [3.8, 4) is 11.5 Å². The van der Waals surface area contributed by atoms with E-state index in [1.165, 1.54) is 17.5 Å². The van der Waals surface area contributed by atoms with Gasteiger partial charge in [-0.05, 0) is 31.5 Å². The second kappa shape index (κ2) is 6.36. The molecule has 0 bridgehead atoms. The molecule has 2 aromatic rings. The van der Waals surface area contributed by atoms with Gasteiger partial charge in [0.05, 0.1) is 32.3 Å². The summed E-state index contributed by atoms with van der Waals surface area (Å²) in [6, 6.07) is 3.91. The lowest BCUT2D eigenvalue weighted by molar-refractivity contribution is 0.344. The van der Waals surface area contributed by atoms with Crippen LogP contribution in [-0.4, -0.2) is 36.6 Å². The van der Waals surface area contributed by atoms with E-state index in [1.807, 2.05) is 6.07 Å². The smallest absolute Gasteiger partial charge is 0.278 e. The Morgan fingerprint density at radius 3 is 2.86 bits per heavy atom. The molecule has 2 heterocycles. The van der Waals surface area contributed by atoms with Gasteiger partial charge in [-0.2, -0.15) is 5.10 Å². The maximum Gasteiger partial charge on any atom is 0.278 e. The second-order valence-corrected chi connectivity index (χ2v) is 5.54. The van der Waals surface area contributed by atoms with Crippen LogP contribution >= 0.6 is 0 Å². The van der Waals surface area contributed by atoms with Crippen molar-refractivity contribution in [1.29, 1.82) is 0 Å². The summed E-state index contributed by atoms with van der Waals surface area (Å²) in [6.07, 6.45) is 5.17. The van der Waals surface area contributed by atoms with Crippen LogP contribution in [0.4, 0.5) is 0 Å². The number of rotatable bonds is 4. The van der Waals surface area contributed by atoms with Crippen molar-refractivity contribution >= 4 is 10.8 Å². The lowest BCUT2D eigenvalue weighted by Gasteiger charge is -2.23. The van der Waals surface area contributed by atoms with E-state index in [0.29, 0.717) is 29.5 Å². The number of hydrogen-bond acceptors (Lipinski definition) is 5. The first-order chi connectivity index (χ1) is 10.7. The van der Waals surface area contributed by atoms with Crippen molar-refractivity contribution in [3.63, 3.8) is 0 Å². The first kappa shape index (κ1) is 14.8. The predicted molar refractivity (Wildman–Crippen MR) is 84.7 cm³/mol. The van der Waals surface area contributed by atoms with Gasteiger partial charge in [-0.3, -0.25) is 4.79 Å². The molecule has 1 saturated heterocycles. The number of aromatic nitrogens is 2. The first-order valence-electron chi connectivity index (χ1n) is 7.58. The standard InChI is InChI=1S/C16H21N3O3/c1-21-13-7-6-11-9-18-19(10-12-5-3-4-8-17-12)16(20)14(11)15(13)22-2/h6-7,9,12,17H,3-5,8,10H2,1-2H3/t12-/m0/s1. The number of nitrogens with zero attached hydrogens (tertiary/aromatic N) is 2. The van der Waals surface area contributed by atoms with E-state index in [4.69, 9.17) is 9.47 Å². The molecule has 1 aromatic heterocycles. The summed E-state index contributed by atoms with van der Waals surface area (Å²) in [5.41, 5.74) is -0.138. The fraction of sp³-hybridized carbons (Fsp3) is 0.500. The van der Waals surface area contributed by atoms with Crippen LogP contribution < -0.4 is 20.3 Å². The molecule has 1 N–H and O–H groups in total. The lowest BCUT2D eigenvalue weighted by atomic mass is 10.1. The van der Waals surface area contributed by atoms with Crippen LogP contribution in [0.3, 0.4) is 0 Å². The van der Waals surface area contributed by atoms with Crippen molar-refractivity contribution in [2.45, 2.75) is 31.8 Å². The molecule has 0 spiro atoms. The Kier molecular flexibility index (Phi) is 4.29. The SMILES string of the molecule is COc1ccc2cnn(C[C@@H]3CCCCN3)c(=O)c2c1OC. The average molecular weight is 303 g/mol. The third-order valence-corrected chi connectivity index (χ3v) is 4.17. The van der Waals surface area contributed by atoms with E-state index in [1.54, 1.807) is 26.5 Å². The summed E-state index contributed by atoms with van der Waals surface area (Å²) >= 11 is 0. The van der Waals surface area contributed by atoms with E-state index in [-0.39, 0.29) is 5.56 Å². The van der Waals surface area contributed by atoms with Crippen LogP contribution in [0.1, 0.15) is 19.3 Å². The molecule has 0 saturated carbocycles. The van der Waals surface area contributed by atoms with Gasteiger partial charge in [0.1, 0.15) is 0 Å². The maximum absolute atomic E-state index is 12.8. The van der Waals surface area contributed by atoms with Gasteiger partial charge in [-0.15, -0.1) is 0 Å². The molecule has 6 nitrogen and oxygen atoms in total. The van der Waals surface area contributed by atoms with Gasteiger partial charge < -0.3 is 14.8 Å². The van der Waals surface area contributed by atoms with Gasteiger partial charge >= 0.3 is 0 Å². The van der Waals surface area contributed by atoms with Crippen molar-refractivity contribution in [1.82, 2.24) is 15.1 Å². The zero-order valence-corrected chi connectivity index (χ0v) is 13.0. The summed E-state index contributed by atoms with van der Waals surface area (Å²) in [6.45, 7) is 1.58. The summed E-state index contributed by atoms with van der Waals surface area (Å²) in [5, 5.41) is 9.02. The molecule has 0 aliphatic carbocycles. The first-order valence-corrected chi connectivity index (χ1v) is 7.58. The van der Waals surface area contributed by atoms with E-state index in [2.05, 4.69) is 10.4 Å². The molecule has 118 valence electrons. The molecule has 22 heavy (non-hydrogen) atoms. The van der Waals surface area contributed by atoms with Crippen LogP contribution in [-0.2, 0) is 6.54 Å². The van der Waals surface area contributed by atoms with Gasteiger partial charge in [0, 0.05) is 11.4 Å². The molecule has 0 amide bonds. The molecule has 1 aromatic carbocycles. The zero-order valence-electron chi connectivity index (χ0n) is 13.0. The van der Waals surface area contributed by atoms with E-state index >= 15 is 0 Å². The molecule has 1 fully saturated rings. The van der Waals surface area contributed by atoms with Crippen LogP contribution in [0.25, 0.3) is 10.8 Å². The summed E-state index contributed by atoms with van der Waals surface area (Å²) < 4.78 is 12.2. The third-order valence-electron chi connectivity index (χ3n) is 4.17. The average Bonchev–Trinajstić information content (AvgIpc) is 2.57. The molecule has 0 unspecified atom stereocenters. The topological polar surface area (TPSA) is 65.4 Å². The summed E-state index contributed by atoms with van der Waals surface area (Å²) in [5.74, 6) is 1.03. The molecule has 1 aliphatic rings. The van der Waals surface area contributed by atoms with Crippen LogP contribution in [0.15, 0.2) is 23.1 Å². The molecule has 3 rings (SSSR count). The van der Waals surface area contributed by atoms with Gasteiger partial charge in [-0.25, -0.2) is 4.68 Å². The molecule has 6 heteroatoms. The highest BCUT2D eigenvalue weighted by atomic mass is 16.5. The van der Waals surface area contributed by atoms with Crippen LogP contribution in [0.2, 0.25) is 0 Å². The molecular formula is C16H21N3O3. The Hall–Kier alpha value is -2.08. The molecule has 1 atom stereocenters. The van der Waals surface area contributed by atoms with Gasteiger partial charge in [0.25, 0.3) is 5.56 Å². The molecule has 0 radical (unpaired) electrons. The quantitative estimate of drug-likeness (QED) is 0.928. The molecular weight excluding hydrogens is 282 g/mol. The highest BCUT2D eigenvalue weighted by Crippen LogP contribution is 2.32. The number of fused-ring (bicyclic) bond motifs is 1. The number of hydrogen-bond donors (Lipinski definition) is 1. The minimum atomic E-state index is -0.138. The Morgan fingerprint density at radius 2 is 2.18 bits per heavy atom. The third kappa shape index (κ3) is 2.66. The number of nitrogens with one attached hydrogen (secondary N) is 1. The number of benzene rings is 1. The molecule has 1 aliphatic heterocycles. The lowest BCUT2D eigenvalue weighted by Crippen LogP contribution is -2.40.